The summed E-state index contributed by atoms with van der Waals surface area (Å²) in [5, 5.41) is 9.41. The van der Waals surface area contributed by atoms with Gasteiger partial charge >= 0.3 is 0 Å². The third-order valence-corrected chi connectivity index (χ3v) is 4.00. The molecule has 2 aliphatic rings. The largest absolute Gasteiger partial charge is 0.396 e. The molecule has 1 saturated carbocycles. The zero-order valence-corrected chi connectivity index (χ0v) is 10.5. The first kappa shape index (κ1) is 12.3. The molecule has 0 bridgehead atoms. The molecule has 2 rings (SSSR count). The van der Waals surface area contributed by atoms with E-state index in [1.807, 2.05) is 0 Å². The predicted molar refractivity (Wildman–Crippen MR) is 62.1 cm³/mol. The van der Waals surface area contributed by atoms with Gasteiger partial charge in [0.05, 0.1) is 19.3 Å². The van der Waals surface area contributed by atoms with E-state index >= 15 is 0 Å². The van der Waals surface area contributed by atoms with E-state index in [4.69, 9.17) is 9.47 Å². The molecule has 2 fully saturated rings. The van der Waals surface area contributed by atoms with Gasteiger partial charge in [0.15, 0.2) is 5.79 Å². The van der Waals surface area contributed by atoms with Crippen LogP contribution < -0.4 is 0 Å². The maximum atomic E-state index is 9.41. The summed E-state index contributed by atoms with van der Waals surface area (Å²) < 4.78 is 12.1. The first-order valence-electron chi connectivity index (χ1n) is 6.51. The molecule has 0 aromatic carbocycles. The average Bonchev–Trinajstić information content (AvgIpc) is 2.30. The molecule has 0 radical (unpaired) electrons. The average molecular weight is 228 g/mol. The van der Waals surface area contributed by atoms with Crippen LogP contribution in [-0.2, 0) is 9.47 Å². The maximum absolute atomic E-state index is 9.41. The standard InChI is InChI=1S/C13H24O3/c1-12(2,10-14)11-6-9-15-13(16-11)7-4-3-5-8-13/h11,14H,3-10H2,1-2H3/t11-/m0/s1. The Morgan fingerprint density at radius 1 is 1.25 bits per heavy atom. The van der Waals surface area contributed by atoms with Crippen molar-refractivity contribution in [2.75, 3.05) is 13.2 Å². The highest BCUT2D eigenvalue weighted by atomic mass is 16.7. The molecule has 1 heterocycles. The summed E-state index contributed by atoms with van der Waals surface area (Å²) in [5.74, 6) is -0.326. The van der Waals surface area contributed by atoms with Crippen molar-refractivity contribution in [2.24, 2.45) is 5.41 Å². The zero-order chi connectivity index (χ0) is 11.6. The Kier molecular flexibility index (Phi) is 3.57. The number of ether oxygens (including phenoxy) is 2. The van der Waals surface area contributed by atoms with E-state index in [1.165, 1.54) is 19.3 Å². The smallest absolute Gasteiger partial charge is 0.168 e. The van der Waals surface area contributed by atoms with E-state index in [9.17, 15) is 5.11 Å². The summed E-state index contributed by atoms with van der Waals surface area (Å²) in [6, 6.07) is 0. The Labute approximate surface area is 98.1 Å². The fourth-order valence-electron chi connectivity index (χ4n) is 2.71. The molecule has 3 nitrogen and oxygen atoms in total. The SMILES string of the molecule is CC(C)(CO)[C@@H]1CCOC2(CCCCC2)O1. The minimum Gasteiger partial charge on any atom is -0.396 e. The lowest BCUT2D eigenvalue weighted by atomic mass is 9.83. The first-order valence-corrected chi connectivity index (χ1v) is 6.51. The second-order valence-electron chi connectivity index (χ2n) is 5.86. The van der Waals surface area contributed by atoms with Gasteiger partial charge in [-0.3, -0.25) is 0 Å². The predicted octanol–water partition coefficient (Wildman–Crippen LogP) is 2.47. The van der Waals surface area contributed by atoms with Gasteiger partial charge in [0.1, 0.15) is 0 Å². The van der Waals surface area contributed by atoms with E-state index in [2.05, 4.69) is 13.8 Å². The molecule has 0 aromatic rings. The minimum absolute atomic E-state index is 0.129. The molecule has 3 heteroatoms. The highest BCUT2D eigenvalue weighted by Crippen LogP contribution is 2.41. The van der Waals surface area contributed by atoms with Crippen molar-refractivity contribution in [1.29, 1.82) is 0 Å². The van der Waals surface area contributed by atoms with E-state index in [0.717, 1.165) is 25.9 Å². The van der Waals surface area contributed by atoms with Gasteiger partial charge in [-0.25, -0.2) is 0 Å². The molecular weight excluding hydrogens is 204 g/mol. The molecule has 0 unspecified atom stereocenters. The second kappa shape index (κ2) is 4.63. The summed E-state index contributed by atoms with van der Waals surface area (Å²) in [6.07, 6.45) is 6.76. The molecule has 1 aliphatic carbocycles. The quantitative estimate of drug-likeness (QED) is 0.789. The van der Waals surface area contributed by atoms with Gasteiger partial charge in [0.2, 0.25) is 0 Å². The Bertz CT molecular complexity index is 226. The fourth-order valence-corrected chi connectivity index (χ4v) is 2.71. The third-order valence-electron chi connectivity index (χ3n) is 4.00. The molecule has 0 aromatic heterocycles. The molecule has 0 amide bonds. The number of rotatable bonds is 2. The Morgan fingerprint density at radius 3 is 2.56 bits per heavy atom. The maximum Gasteiger partial charge on any atom is 0.168 e. The number of aliphatic hydroxyl groups excluding tert-OH is 1. The van der Waals surface area contributed by atoms with Gasteiger partial charge in [0, 0.05) is 18.3 Å². The first-order chi connectivity index (χ1) is 7.58. The summed E-state index contributed by atoms with van der Waals surface area (Å²) in [7, 11) is 0. The molecule has 1 atom stereocenters. The van der Waals surface area contributed by atoms with Crippen molar-refractivity contribution in [3.8, 4) is 0 Å². The van der Waals surface area contributed by atoms with Crippen molar-refractivity contribution >= 4 is 0 Å². The normalized spacial score (nSPS) is 30.6. The monoisotopic (exact) mass is 228 g/mol. The lowest BCUT2D eigenvalue weighted by Gasteiger charge is -2.47. The Balaban J connectivity index is 2.03. The molecule has 16 heavy (non-hydrogen) atoms. The Hall–Kier alpha value is -0.120. The van der Waals surface area contributed by atoms with Gasteiger partial charge in [-0.2, -0.15) is 0 Å². The molecular formula is C13H24O3. The summed E-state index contributed by atoms with van der Waals surface area (Å²) >= 11 is 0. The van der Waals surface area contributed by atoms with Gasteiger partial charge in [-0.1, -0.05) is 20.3 Å². The van der Waals surface area contributed by atoms with Crippen LogP contribution in [-0.4, -0.2) is 30.2 Å². The van der Waals surface area contributed by atoms with E-state index < -0.39 is 0 Å². The lowest BCUT2D eigenvalue weighted by molar-refractivity contribution is -0.322. The van der Waals surface area contributed by atoms with Crippen molar-refractivity contribution in [2.45, 2.75) is 64.3 Å². The Morgan fingerprint density at radius 2 is 1.94 bits per heavy atom. The topological polar surface area (TPSA) is 38.7 Å². The highest BCUT2D eigenvalue weighted by molar-refractivity contribution is 4.86. The second-order valence-corrected chi connectivity index (χ2v) is 5.86. The highest BCUT2D eigenvalue weighted by Gasteiger charge is 2.44. The van der Waals surface area contributed by atoms with E-state index in [1.54, 1.807) is 0 Å². The van der Waals surface area contributed by atoms with Crippen LogP contribution in [0.25, 0.3) is 0 Å². The minimum atomic E-state index is -0.326. The fraction of sp³-hybridized carbons (Fsp3) is 1.00. The van der Waals surface area contributed by atoms with E-state index in [-0.39, 0.29) is 23.9 Å². The van der Waals surface area contributed by atoms with Crippen LogP contribution in [0.15, 0.2) is 0 Å². The zero-order valence-electron chi connectivity index (χ0n) is 10.5. The van der Waals surface area contributed by atoms with Crippen LogP contribution >= 0.6 is 0 Å². The molecule has 1 saturated heterocycles. The van der Waals surface area contributed by atoms with Crippen molar-refractivity contribution in [3.05, 3.63) is 0 Å². The van der Waals surface area contributed by atoms with Crippen LogP contribution in [0.4, 0.5) is 0 Å². The van der Waals surface area contributed by atoms with Crippen LogP contribution in [0, 0.1) is 5.41 Å². The van der Waals surface area contributed by atoms with Gasteiger partial charge in [-0.05, 0) is 19.3 Å². The van der Waals surface area contributed by atoms with Gasteiger partial charge in [-0.15, -0.1) is 0 Å². The van der Waals surface area contributed by atoms with Crippen LogP contribution in [0.2, 0.25) is 0 Å². The van der Waals surface area contributed by atoms with Crippen LogP contribution in [0.5, 0.6) is 0 Å². The van der Waals surface area contributed by atoms with Crippen molar-refractivity contribution < 1.29 is 14.6 Å². The number of aliphatic hydroxyl groups is 1. The summed E-state index contributed by atoms with van der Waals surface area (Å²) in [5.41, 5.74) is -0.159. The van der Waals surface area contributed by atoms with Crippen LogP contribution in [0.1, 0.15) is 52.4 Å². The summed E-state index contributed by atoms with van der Waals surface area (Å²) in [4.78, 5) is 0. The third kappa shape index (κ3) is 2.41. The summed E-state index contributed by atoms with van der Waals surface area (Å²) in [6.45, 7) is 5.08. The van der Waals surface area contributed by atoms with Crippen molar-refractivity contribution in [3.63, 3.8) is 0 Å². The molecule has 1 spiro atoms. The van der Waals surface area contributed by atoms with Crippen LogP contribution in [0.3, 0.4) is 0 Å². The number of hydrogen-bond acceptors (Lipinski definition) is 3. The van der Waals surface area contributed by atoms with Crippen molar-refractivity contribution in [1.82, 2.24) is 0 Å². The molecule has 1 aliphatic heterocycles. The number of hydrogen-bond donors (Lipinski definition) is 1. The molecule has 1 N–H and O–H groups in total. The van der Waals surface area contributed by atoms with Gasteiger partial charge in [0.25, 0.3) is 0 Å². The van der Waals surface area contributed by atoms with E-state index in [0.29, 0.717) is 0 Å². The molecule has 94 valence electrons. The lowest BCUT2D eigenvalue weighted by Crippen LogP contribution is -2.51. The van der Waals surface area contributed by atoms with Gasteiger partial charge < -0.3 is 14.6 Å².